The highest BCUT2D eigenvalue weighted by molar-refractivity contribution is 5.85. The minimum absolute atomic E-state index is 0. The van der Waals surface area contributed by atoms with Gasteiger partial charge in [-0.05, 0) is 80.3 Å². The Morgan fingerprint density at radius 2 is 1.83 bits per heavy atom. The van der Waals surface area contributed by atoms with Crippen LogP contribution < -0.4 is 10.6 Å². The molecule has 2 aliphatic heterocycles. The number of unbranched alkanes of at least 4 members (excludes halogenated alkanes) is 1. The van der Waals surface area contributed by atoms with Crippen molar-refractivity contribution in [2.45, 2.75) is 44.4 Å². The Hall–Kier alpha value is -0.610. The molecule has 2 aliphatic rings. The normalized spacial score (nSPS) is 23.2. The number of piperidine rings is 1. The Morgan fingerprint density at radius 1 is 1.04 bits per heavy atom. The smallest absolute Gasteiger partial charge is 0.119 e. The summed E-state index contributed by atoms with van der Waals surface area (Å²) >= 11 is 0. The largest absolute Gasteiger partial charge is 0.316 e. The van der Waals surface area contributed by atoms with E-state index in [1.807, 2.05) is 0 Å². The van der Waals surface area contributed by atoms with E-state index in [4.69, 9.17) is 0 Å². The van der Waals surface area contributed by atoms with Gasteiger partial charge in [-0.25, -0.2) is 0 Å². The number of benzene rings is 1. The van der Waals surface area contributed by atoms with Crippen LogP contribution in [0, 0.1) is 5.92 Å². The highest BCUT2D eigenvalue weighted by Gasteiger charge is 2.26. The Bertz CT molecular complexity index is 510. The molecule has 24 heavy (non-hydrogen) atoms. The number of carbonyl (C=O) groups is 1. The van der Waals surface area contributed by atoms with E-state index in [9.17, 15) is 4.79 Å². The number of nitrogens with one attached hydrogen (secondary N) is 2. The van der Waals surface area contributed by atoms with E-state index >= 15 is 0 Å². The van der Waals surface area contributed by atoms with E-state index in [2.05, 4.69) is 28.8 Å². The SMILES string of the molecule is Cl.Cl.O=CCCCC1CCNCC1c1ccc2c(c1)CCNCC2. The van der Waals surface area contributed by atoms with E-state index in [0.717, 1.165) is 57.6 Å². The summed E-state index contributed by atoms with van der Waals surface area (Å²) in [6.45, 7) is 4.41. The molecule has 0 bridgehead atoms. The Morgan fingerprint density at radius 3 is 2.62 bits per heavy atom. The van der Waals surface area contributed by atoms with Crippen molar-refractivity contribution in [3.63, 3.8) is 0 Å². The molecule has 1 aromatic rings. The molecule has 3 rings (SSSR count). The van der Waals surface area contributed by atoms with Gasteiger partial charge in [0, 0.05) is 13.0 Å². The van der Waals surface area contributed by atoms with Crippen LogP contribution in [0.2, 0.25) is 0 Å². The highest BCUT2D eigenvalue weighted by atomic mass is 35.5. The maximum absolute atomic E-state index is 10.6. The average Bonchev–Trinajstić information content (AvgIpc) is 2.80. The first-order valence-electron chi connectivity index (χ1n) is 8.85. The summed E-state index contributed by atoms with van der Waals surface area (Å²) in [5, 5.41) is 7.06. The second-order valence-electron chi connectivity index (χ2n) is 6.74. The second kappa shape index (κ2) is 11.1. The van der Waals surface area contributed by atoms with Gasteiger partial charge in [0.1, 0.15) is 6.29 Å². The van der Waals surface area contributed by atoms with Crippen molar-refractivity contribution in [2.24, 2.45) is 5.92 Å². The molecular formula is C19H30Cl2N2O. The van der Waals surface area contributed by atoms with Crippen LogP contribution in [-0.4, -0.2) is 32.5 Å². The minimum atomic E-state index is 0. The van der Waals surface area contributed by atoms with Crippen LogP contribution in [0.25, 0.3) is 0 Å². The molecule has 0 spiro atoms. The fraction of sp³-hybridized carbons (Fsp3) is 0.632. The Kier molecular flexibility index (Phi) is 9.91. The molecule has 5 heteroatoms. The van der Waals surface area contributed by atoms with Gasteiger partial charge in [-0.3, -0.25) is 0 Å². The van der Waals surface area contributed by atoms with Gasteiger partial charge in [0.2, 0.25) is 0 Å². The lowest BCUT2D eigenvalue weighted by molar-refractivity contribution is -0.108. The molecule has 0 amide bonds. The molecule has 0 aromatic heterocycles. The van der Waals surface area contributed by atoms with Gasteiger partial charge in [0.05, 0.1) is 0 Å². The van der Waals surface area contributed by atoms with Gasteiger partial charge >= 0.3 is 0 Å². The van der Waals surface area contributed by atoms with Crippen molar-refractivity contribution in [1.29, 1.82) is 0 Å². The lowest BCUT2D eigenvalue weighted by atomic mass is 9.78. The molecule has 136 valence electrons. The molecule has 2 atom stereocenters. The summed E-state index contributed by atoms with van der Waals surface area (Å²) in [6, 6.07) is 7.18. The third-order valence-electron chi connectivity index (χ3n) is 5.32. The second-order valence-corrected chi connectivity index (χ2v) is 6.74. The van der Waals surface area contributed by atoms with E-state index in [1.165, 1.54) is 24.0 Å². The van der Waals surface area contributed by atoms with Gasteiger partial charge in [-0.1, -0.05) is 18.2 Å². The summed E-state index contributed by atoms with van der Waals surface area (Å²) in [6.07, 6.45) is 7.55. The molecule has 0 saturated carbocycles. The van der Waals surface area contributed by atoms with Gasteiger partial charge in [-0.15, -0.1) is 24.8 Å². The van der Waals surface area contributed by atoms with Crippen molar-refractivity contribution in [3.05, 3.63) is 34.9 Å². The summed E-state index contributed by atoms with van der Waals surface area (Å²) < 4.78 is 0. The lowest BCUT2D eigenvalue weighted by Gasteiger charge is -2.33. The topological polar surface area (TPSA) is 41.1 Å². The molecule has 1 saturated heterocycles. The van der Waals surface area contributed by atoms with Crippen LogP contribution in [-0.2, 0) is 17.6 Å². The maximum Gasteiger partial charge on any atom is 0.119 e. The average molecular weight is 373 g/mol. The van der Waals surface area contributed by atoms with Crippen molar-refractivity contribution < 1.29 is 4.79 Å². The standard InChI is InChI=1S/C19H28N2O.2ClH/c22-12-2-1-3-16-7-11-21-14-19(16)18-5-4-15-6-9-20-10-8-17(15)13-18;;/h4-5,12-13,16,19-21H,1-3,6-11,14H2;2*1H. The van der Waals surface area contributed by atoms with E-state index in [1.54, 1.807) is 5.56 Å². The van der Waals surface area contributed by atoms with Crippen LogP contribution in [0.15, 0.2) is 18.2 Å². The van der Waals surface area contributed by atoms with Crippen LogP contribution in [0.1, 0.15) is 48.3 Å². The molecular weight excluding hydrogens is 343 g/mol. The van der Waals surface area contributed by atoms with Crippen molar-refractivity contribution >= 4 is 31.1 Å². The summed E-state index contributed by atoms with van der Waals surface area (Å²) in [4.78, 5) is 10.6. The minimum Gasteiger partial charge on any atom is -0.316 e. The molecule has 2 N–H and O–H groups in total. The number of hydrogen-bond acceptors (Lipinski definition) is 3. The third-order valence-corrected chi connectivity index (χ3v) is 5.32. The predicted octanol–water partition coefficient (Wildman–Crippen LogP) is 3.28. The molecule has 2 unspecified atom stereocenters. The molecule has 1 aromatic carbocycles. The Balaban J connectivity index is 0.00000144. The van der Waals surface area contributed by atoms with Crippen LogP contribution in [0.5, 0.6) is 0 Å². The molecule has 2 heterocycles. The van der Waals surface area contributed by atoms with Crippen LogP contribution in [0.3, 0.4) is 0 Å². The zero-order valence-electron chi connectivity index (χ0n) is 14.3. The van der Waals surface area contributed by atoms with E-state index in [0.29, 0.717) is 12.3 Å². The summed E-state index contributed by atoms with van der Waals surface area (Å²) in [5.74, 6) is 1.34. The number of fused-ring (bicyclic) bond motifs is 1. The molecule has 1 fully saturated rings. The number of carbonyl (C=O) groups excluding carboxylic acids is 1. The lowest BCUT2D eigenvalue weighted by Crippen LogP contribution is -2.35. The number of halogens is 2. The monoisotopic (exact) mass is 372 g/mol. The van der Waals surface area contributed by atoms with E-state index < -0.39 is 0 Å². The number of aldehydes is 1. The first kappa shape index (κ1) is 21.4. The third kappa shape index (κ3) is 5.45. The van der Waals surface area contributed by atoms with Crippen molar-refractivity contribution in [2.75, 3.05) is 26.2 Å². The van der Waals surface area contributed by atoms with Gasteiger partial charge in [0.25, 0.3) is 0 Å². The molecule has 0 aliphatic carbocycles. The van der Waals surface area contributed by atoms with Crippen molar-refractivity contribution in [3.8, 4) is 0 Å². The van der Waals surface area contributed by atoms with Crippen LogP contribution in [0.4, 0.5) is 0 Å². The number of rotatable bonds is 5. The zero-order chi connectivity index (χ0) is 15.2. The fourth-order valence-corrected chi connectivity index (χ4v) is 4.04. The first-order chi connectivity index (χ1) is 10.9. The van der Waals surface area contributed by atoms with Gasteiger partial charge in [-0.2, -0.15) is 0 Å². The van der Waals surface area contributed by atoms with E-state index in [-0.39, 0.29) is 24.8 Å². The molecule has 0 radical (unpaired) electrons. The molecule has 3 nitrogen and oxygen atoms in total. The quantitative estimate of drug-likeness (QED) is 0.615. The van der Waals surface area contributed by atoms with Gasteiger partial charge in [0.15, 0.2) is 0 Å². The summed E-state index contributed by atoms with van der Waals surface area (Å²) in [5.41, 5.74) is 4.57. The van der Waals surface area contributed by atoms with Crippen LogP contribution >= 0.6 is 24.8 Å². The van der Waals surface area contributed by atoms with Gasteiger partial charge < -0.3 is 15.4 Å². The fourth-order valence-electron chi connectivity index (χ4n) is 4.04. The van der Waals surface area contributed by atoms with Crippen molar-refractivity contribution in [1.82, 2.24) is 10.6 Å². The predicted molar refractivity (Wildman–Crippen MR) is 105 cm³/mol. The summed E-state index contributed by atoms with van der Waals surface area (Å²) in [7, 11) is 0. The zero-order valence-corrected chi connectivity index (χ0v) is 15.9. The number of hydrogen-bond donors (Lipinski definition) is 2. The first-order valence-corrected chi connectivity index (χ1v) is 8.85. The highest BCUT2D eigenvalue weighted by Crippen LogP contribution is 2.34. The maximum atomic E-state index is 10.6. The Labute approximate surface area is 158 Å².